The van der Waals surface area contributed by atoms with Gasteiger partial charge in [0.2, 0.25) is 11.9 Å². The van der Waals surface area contributed by atoms with Crippen molar-refractivity contribution in [3.8, 4) is 11.3 Å². The summed E-state index contributed by atoms with van der Waals surface area (Å²) >= 11 is 0. The number of hydrogen-bond acceptors (Lipinski definition) is 5. The number of aromatic carboxylic acids is 1. The second-order valence-corrected chi connectivity index (χ2v) is 7.53. The summed E-state index contributed by atoms with van der Waals surface area (Å²) in [7, 11) is 0. The molecular weight excluding hydrogens is 392 g/mol. The maximum atomic E-state index is 13.4. The van der Waals surface area contributed by atoms with Gasteiger partial charge in [-0.2, -0.15) is 5.10 Å². The molecule has 0 radical (unpaired) electrons. The summed E-state index contributed by atoms with van der Waals surface area (Å²) in [6.07, 6.45) is 5.63. The number of nitrogens with one attached hydrogen (secondary N) is 1. The van der Waals surface area contributed by atoms with E-state index in [2.05, 4.69) is 20.4 Å². The van der Waals surface area contributed by atoms with Crippen molar-refractivity contribution >= 4 is 17.6 Å². The van der Waals surface area contributed by atoms with Gasteiger partial charge in [-0.1, -0.05) is 12.1 Å². The van der Waals surface area contributed by atoms with Gasteiger partial charge in [0.15, 0.2) is 0 Å². The fourth-order valence-corrected chi connectivity index (χ4v) is 3.59. The smallest absolute Gasteiger partial charge is 0.335 e. The molecule has 7 nitrogen and oxygen atoms in total. The molecule has 1 fully saturated rings. The minimum atomic E-state index is -2.57. The van der Waals surface area contributed by atoms with Crippen LogP contribution in [0.5, 0.6) is 0 Å². The summed E-state index contributed by atoms with van der Waals surface area (Å²) in [5, 5.41) is 16.5. The van der Waals surface area contributed by atoms with Crippen molar-refractivity contribution in [3.05, 3.63) is 54.0 Å². The third kappa shape index (κ3) is 4.29. The molecule has 1 aliphatic carbocycles. The monoisotopic (exact) mass is 413 g/mol. The lowest BCUT2D eigenvalue weighted by molar-refractivity contribution is -0.0449. The fourth-order valence-electron chi connectivity index (χ4n) is 3.59. The van der Waals surface area contributed by atoms with Gasteiger partial charge in [0.1, 0.15) is 0 Å². The lowest BCUT2D eigenvalue weighted by atomic mass is 9.92. The molecule has 9 heteroatoms. The average molecular weight is 413 g/mol. The van der Waals surface area contributed by atoms with Gasteiger partial charge in [0, 0.05) is 30.8 Å². The minimum Gasteiger partial charge on any atom is -0.478 e. The summed E-state index contributed by atoms with van der Waals surface area (Å²) in [6.45, 7) is 1.88. The second-order valence-electron chi connectivity index (χ2n) is 7.53. The fraction of sp³-hybridized carbons (Fsp3) is 0.333. The van der Waals surface area contributed by atoms with E-state index >= 15 is 0 Å². The largest absolute Gasteiger partial charge is 0.478 e. The molecule has 1 saturated carbocycles. The van der Waals surface area contributed by atoms with Crippen LogP contribution >= 0.6 is 0 Å². The number of carbonyl (C=O) groups is 1. The Morgan fingerprint density at radius 2 is 1.90 bits per heavy atom. The molecule has 156 valence electrons. The Bertz CT molecular complexity index is 1060. The van der Waals surface area contributed by atoms with Crippen LogP contribution in [0.4, 0.5) is 20.4 Å². The molecule has 2 heterocycles. The van der Waals surface area contributed by atoms with Crippen LogP contribution in [0, 0.1) is 6.92 Å². The highest BCUT2D eigenvalue weighted by molar-refractivity contribution is 5.88. The number of hydrogen-bond donors (Lipinski definition) is 2. The van der Waals surface area contributed by atoms with Crippen molar-refractivity contribution in [1.29, 1.82) is 0 Å². The zero-order chi connectivity index (χ0) is 21.3. The first-order chi connectivity index (χ1) is 14.3. The number of anilines is 2. The topological polar surface area (TPSA) is 92.9 Å². The molecule has 1 aromatic carbocycles. The highest BCUT2D eigenvalue weighted by Crippen LogP contribution is 2.38. The van der Waals surface area contributed by atoms with E-state index in [4.69, 9.17) is 5.11 Å². The first-order valence-electron chi connectivity index (χ1n) is 9.67. The zero-order valence-electron chi connectivity index (χ0n) is 16.3. The Morgan fingerprint density at radius 1 is 1.20 bits per heavy atom. The van der Waals surface area contributed by atoms with Gasteiger partial charge in [0.05, 0.1) is 29.2 Å². The van der Waals surface area contributed by atoms with E-state index in [1.807, 2.05) is 6.92 Å². The van der Waals surface area contributed by atoms with Gasteiger partial charge >= 0.3 is 5.97 Å². The van der Waals surface area contributed by atoms with Crippen molar-refractivity contribution in [2.24, 2.45) is 0 Å². The summed E-state index contributed by atoms with van der Waals surface area (Å²) in [5.74, 6) is -3.19. The maximum absolute atomic E-state index is 13.4. The number of nitrogens with zero attached hydrogens (tertiary/aromatic N) is 4. The molecule has 0 aliphatic heterocycles. The van der Waals surface area contributed by atoms with Gasteiger partial charge in [-0.25, -0.2) is 23.5 Å². The normalized spacial score (nSPS) is 16.4. The van der Waals surface area contributed by atoms with Gasteiger partial charge in [-0.15, -0.1) is 0 Å². The standard InChI is InChI=1S/C21H21F2N5O2/c1-13-10-24-20(27-18(13)14-2-4-15(5-3-14)19(29)30)26-16-11-25-28(12-16)17-6-8-21(22,23)9-7-17/h2-5,10-12,17H,6-9H2,1H3,(H,29,30)(H,24,26,27). The number of aromatic nitrogens is 4. The van der Waals surface area contributed by atoms with E-state index in [1.165, 1.54) is 12.1 Å². The van der Waals surface area contributed by atoms with Gasteiger partial charge in [-0.3, -0.25) is 4.68 Å². The lowest BCUT2D eigenvalue weighted by Gasteiger charge is -2.28. The van der Waals surface area contributed by atoms with Crippen LogP contribution in [0.3, 0.4) is 0 Å². The van der Waals surface area contributed by atoms with Crippen LogP contribution in [0.15, 0.2) is 42.9 Å². The zero-order valence-corrected chi connectivity index (χ0v) is 16.3. The maximum Gasteiger partial charge on any atom is 0.335 e. The van der Waals surface area contributed by atoms with Crippen molar-refractivity contribution in [1.82, 2.24) is 19.7 Å². The van der Waals surface area contributed by atoms with Gasteiger partial charge < -0.3 is 10.4 Å². The summed E-state index contributed by atoms with van der Waals surface area (Å²) in [5.41, 5.74) is 3.19. The number of rotatable bonds is 5. The van der Waals surface area contributed by atoms with Crippen LogP contribution in [0.1, 0.15) is 47.6 Å². The summed E-state index contributed by atoms with van der Waals surface area (Å²) < 4.78 is 28.5. The van der Waals surface area contributed by atoms with Gasteiger partial charge in [0.25, 0.3) is 0 Å². The predicted octanol–water partition coefficient (Wildman–Crippen LogP) is 4.84. The Kier molecular flexibility index (Phi) is 5.19. The van der Waals surface area contributed by atoms with Crippen LogP contribution in [-0.2, 0) is 0 Å². The molecule has 3 aromatic rings. The number of benzene rings is 1. The van der Waals surface area contributed by atoms with E-state index < -0.39 is 11.9 Å². The van der Waals surface area contributed by atoms with Crippen molar-refractivity contribution < 1.29 is 18.7 Å². The first kappa shape index (κ1) is 19.9. The summed E-state index contributed by atoms with van der Waals surface area (Å²) in [6, 6.07) is 6.44. The molecule has 0 unspecified atom stereocenters. The lowest BCUT2D eigenvalue weighted by Crippen LogP contribution is -2.26. The molecule has 30 heavy (non-hydrogen) atoms. The first-order valence-corrected chi connectivity index (χ1v) is 9.67. The van der Waals surface area contributed by atoms with E-state index in [0.29, 0.717) is 30.2 Å². The number of halogens is 2. The highest BCUT2D eigenvalue weighted by Gasteiger charge is 2.35. The van der Waals surface area contributed by atoms with E-state index in [-0.39, 0.29) is 24.4 Å². The number of carboxylic acids is 1. The molecular formula is C21H21F2N5O2. The van der Waals surface area contributed by atoms with Crippen LogP contribution in [0.25, 0.3) is 11.3 Å². The Morgan fingerprint density at radius 3 is 2.57 bits per heavy atom. The molecule has 0 spiro atoms. The minimum absolute atomic E-state index is 0.0394. The van der Waals surface area contributed by atoms with Crippen LogP contribution in [-0.4, -0.2) is 36.7 Å². The molecule has 4 rings (SSSR count). The van der Waals surface area contributed by atoms with Gasteiger partial charge in [-0.05, 0) is 37.5 Å². The Labute approximate surface area is 171 Å². The average Bonchev–Trinajstić information content (AvgIpc) is 3.18. The molecule has 0 amide bonds. The van der Waals surface area contributed by atoms with E-state index in [9.17, 15) is 13.6 Å². The van der Waals surface area contributed by atoms with Crippen LogP contribution < -0.4 is 5.32 Å². The molecule has 2 N–H and O–H groups in total. The van der Waals surface area contributed by atoms with Crippen molar-refractivity contribution in [2.75, 3.05) is 5.32 Å². The molecule has 1 aliphatic rings. The van der Waals surface area contributed by atoms with E-state index in [1.54, 1.807) is 35.4 Å². The second kappa shape index (κ2) is 7.81. The summed E-state index contributed by atoms with van der Waals surface area (Å²) in [4.78, 5) is 19.9. The Hall–Kier alpha value is -3.36. The number of alkyl halides is 2. The highest BCUT2D eigenvalue weighted by atomic mass is 19.3. The molecule has 2 aromatic heterocycles. The number of carboxylic acid groups (broad SMARTS) is 1. The van der Waals surface area contributed by atoms with Crippen molar-refractivity contribution in [3.63, 3.8) is 0 Å². The SMILES string of the molecule is Cc1cnc(Nc2cnn(C3CCC(F)(F)CC3)c2)nc1-c1ccc(C(=O)O)cc1. The molecule has 0 bridgehead atoms. The Balaban J connectivity index is 1.50. The van der Waals surface area contributed by atoms with E-state index in [0.717, 1.165) is 11.1 Å². The predicted molar refractivity (Wildman–Crippen MR) is 107 cm³/mol. The van der Waals surface area contributed by atoms with Crippen LogP contribution in [0.2, 0.25) is 0 Å². The molecule has 0 atom stereocenters. The quantitative estimate of drug-likeness (QED) is 0.622. The third-order valence-electron chi connectivity index (χ3n) is 5.30. The molecule has 0 saturated heterocycles. The van der Waals surface area contributed by atoms with Crippen molar-refractivity contribution in [2.45, 2.75) is 44.6 Å². The number of aryl methyl sites for hydroxylation is 1. The third-order valence-corrected chi connectivity index (χ3v) is 5.30.